The Hall–Kier alpha value is 0.530. The van der Waals surface area contributed by atoms with E-state index in [9.17, 15) is 0 Å². The van der Waals surface area contributed by atoms with Crippen LogP contribution < -0.4 is 0 Å². The average molecular weight is 209 g/mol. The van der Waals surface area contributed by atoms with Crippen LogP contribution in [-0.2, 0) is 0 Å². The van der Waals surface area contributed by atoms with Gasteiger partial charge in [0.15, 0.2) is 0 Å². The van der Waals surface area contributed by atoms with E-state index in [2.05, 4.69) is 33.6 Å². The summed E-state index contributed by atoms with van der Waals surface area (Å²) in [4.78, 5) is 1.33. The number of hydrogen-bond acceptors (Lipinski definition) is 2. The van der Waals surface area contributed by atoms with Crippen molar-refractivity contribution >= 4 is 39.0 Å². The van der Waals surface area contributed by atoms with Crippen LogP contribution in [0.4, 0.5) is 0 Å². The van der Waals surface area contributed by atoms with Gasteiger partial charge in [-0.15, -0.1) is 23.1 Å². The Balaban J connectivity index is 2.92. The summed E-state index contributed by atoms with van der Waals surface area (Å²) in [6, 6.07) is 2.11. The van der Waals surface area contributed by atoms with Gasteiger partial charge in [-0.05, 0) is 33.6 Å². The highest BCUT2D eigenvalue weighted by atomic mass is 79.9. The fraction of sp³-hybridized carbons (Fsp3) is 0.200. The molecule has 0 aliphatic rings. The Morgan fingerprint density at radius 3 is 2.75 bits per heavy atom. The Labute approximate surface area is 65.4 Å². The topological polar surface area (TPSA) is 0 Å². The van der Waals surface area contributed by atoms with Crippen molar-refractivity contribution in [2.24, 2.45) is 0 Å². The zero-order chi connectivity index (χ0) is 5.98. The number of rotatable bonds is 1. The number of halogens is 1. The minimum atomic E-state index is 1.24. The molecular formula is C5H5BrS2. The molecule has 0 aliphatic carbocycles. The molecule has 0 amide bonds. The summed E-state index contributed by atoms with van der Waals surface area (Å²) in [7, 11) is 0. The molecule has 0 aromatic carbocycles. The maximum absolute atomic E-state index is 3.42. The summed E-state index contributed by atoms with van der Waals surface area (Å²) in [6.45, 7) is 0. The smallest absolute Gasteiger partial charge is 0.0833 e. The highest BCUT2D eigenvalue weighted by Gasteiger charge is 1.95. The van der Waals surface area contributed by atoms with E-state index in [1.54, 1.807) is 23.1 Å². The van der Waals surface area contributed by atoms with Crippen molar-refractivity contribution in [2.75, 3.05) is 6.26 Å². The van der Waals surface area contributed by atoms with E-state index in [1.165, 1.54) is 8.68 Å². The lowest BCUT2D eigenvalue weighted by molar-refractivity contribution is 1.55. The van der Waals surface area contributed by atoms with Crippen LogP contribution in [-0.4, -0.2) is 6.26 Å². The van der Waals surface area contributed by atoms with Crippen molar-refractivity contribution in [1.29, 1.82) is 0 Å². The molecule has 0 atom stereocenters. The van der Waals surface area contributed by atoms with E-state index >= 15 is 0 Å². The second-order valence-electron chi connectivity index (χ2n) is 1.26. The monoisotopic (exact) mass is 208 g/mol. The van der Waals surface area contributed by atoms with Gasteiger partial charge in [0, 0.05) is 4.90 Å². The lowest BCUT2D eigenvalue weighted by atomic mass is 10.7. The normalized spacial score (nSPS) is 9.75. The number of thioether (sulfide) groups is 1. The van der Waals surface area contributed by atoms with E-state index in [0.717, 1.165) is 0 Å². The van der Waals surface area contributed by atoms with Crippen LogP contribution in [0.2, 0.25) is 0 Å². The first-order valence-corrected chi connectivity index (χ1v) is 5.01. The minimum Gasteiger partial charge on any atom is -0.136 e. The van der Waals surface area contributed by atoms with Gasteiger partial charge in [0.05, 0.1) is 3.79 Å². The van der Waals surface area contributed by atoms with Gasteiger partial charge < -0.3 is 0 Å². The maximum atomic E-state index is 3.42. The Morgan fingerprint density at radius 1 is 1.75 bits per heavy atom. The molecule has 0 aliphatic heterocycles. The van der Waals surface area contributed by atoms with Crippen molar-refractivity contribution in [3.05, 3.63) is 15.2 Å². The molecule has 0 saturated heterocycles. The standard InChI is InChI=1S/C5H5BrS2/c1-7-4-2-3-8-5(4)6/h2-3H,1H3. The van der Waals surface area contributed by atoms with E-state index < -0.39 is 0 Å². The van der Waals surface area contributed by atoms with Crippen LogP contribution in [0.3, 0.4) is 0 Å². The molecule has 0 N–H and O–H groups in total. The quantitative estimate of drug-likeness (QED) is 0.640. The van der Waals surface area contributed by atoms with Crippen LogP contribution in [0.5, 0.6) is 0 Å². The van der Waals surface area contributed by atoms with Crippen LogP contribution in [0, 0.1) is 0 Å². The van der Waals surface area contributed by atoms with E-state index in [0.29, 0.717) is 0 Å². The van der Waals surface area contributed by atoms with E-state index in [4.69, 9.17) is 0 Å². The lowest BCUT2D eigenvalue weighted by Crippen LogP contribution is -1.55. The summed E-state index contributed by atoms with van der Waals surface area (Å²) in [5.41, 5.74) is 0. The predicted molar refractivity (Wildman–Crippen MR) is 43.8 cm³/mol. The first-order chi connectivity index (χ1) is 3.84. The van der Waals surface area contributed by atoms with Gasteiger partial charge in [-0.2, -0.15) is 0 Å². The molecule has 0 bridgehead atoms. The highest BCUT2D eigenvalue weighted by molar-refractivity contribution is 9.11. The highest BCUT2D eigenvalue weighted by Crippen LogP contribution is 2.30. The first kappa shape index (κ1) is 6.65. The molecule has 3 heteroatoms. The number of hydrogen-bond donors (Lipinski definition) is 0. The van der Waals surface area contributed by atoms with Gasteiger partial charge in [-0.1, -0.05) is 0 Å². The van der Waals surface area contributed by atoms with Gasteiger partial charge in [-0.3, -0.25) is 0 Å². The zero-order valence-corrected chi connectivity index (χ0v) is 7.57. The third-order valence-electron chi connectivity index (χ3n) is 0.805. The summed E-state index contributed by atoms with van der Waals surface area (Å²) < 4.78 is 1.24. The van der Waals surface area contributed by atoms with Crippen LogP contribution >= 0.6 is 39.0 Å². The molecule has 44 valence electrons. The molecule has 1 aromatic rings. The molecule has 0 spiro atoms. The summed E-state index contributed by atoms with van der Waals surface area (Å²) >= 11 is 6.91. The van der Waals surface area contributed by atoms with Crippen molar-refractivity contribution in [3.8, 4) is 0 Å². The molecule has 0 fully saturated rings. The van der Waals surface area contributed by atoms with Crippen molar-refractivity contribution in [2.45, 2.75) is 4.90 Å². The van der Waals surface area contributed by atoms with Gasteiger partial charge in [0.25, 0.3) is 0 Å². The molecular weight excluding hydrogens is 204 g/mol. The van der Waals surface area contributed by atoms with Crippen molar-refractivity contribution in [1.82, 2.24) is 0 Å². The Morgan fingerprint density at radius 2 is 2.50 bits per heavy atom. The summed E-state index contributed by atoms with van der Waals surface area (Å²) in [6.07, 6.45) is 2.08. The Kier molecular flexibility index (Phi) is 2.41. The van der Waals surface area contributed by atoms with Crippen molar-refractivity contribution in [3.63, 3.8) is 0 Å². The second-order valence-corrected chi connectivity index (χ2v) is 4.34. The summed E-state index contributed by atoms with van der Waals surface area (Å²) in [5.74, 6) is 0. The second kappa shape index (κ2) is 2.90. The molecule has 1 heterocycles. The number of thiophene rings is 1. The molecule has 0 saturated carbocycles. The van der Waals surface area contributed by atoms with Gasteiger partial charge in [0.2, 0.25) is 0 Å². The third kappa shape index (κ3) is 1.27. The zero-order valence-electron chi connectivity index (χ0n) is 4.35. The van der Waals surface area contributed by atoms with Gasteiger partial charge in [0.1, 0.15) is 0 Å². The maximum Gasteiger partial charge on any atom is 0.0833 e. The van der Waals surface area contributed by atoms with Crippen LogP contribution in [0.25, 0.3) is 0 Å². The average Bonchev–Trinajstić information content (AvgIpc) is 2.14. The minimum absolute atomic E-state index is 1.24. The molecule has 1 rings (SSSR count). The third-order valence-corrected chi connectivity index (χ3v) is 3.66. The van der Waals surface area contributed by atoms with Crippen LogP contribution in [0.1, 0.15) is 0 Å². The largest absolute Gasteiger partial charge is 0.136 e. The molecule has 0 radical (unpaired) electrons. The van der Waals surface area contributed by atoms with Crippen molar-refractivity contribution < 1.29 is 0 Å². The Bertz CT molecular complexity index is 171. The van der Waals surface area contributed by atoms with E-state index in [-0.39, 0.29) is 0 Å². The lowest BCUT2D eigenvalue weighted by Gasteiger charge is -1.85. The van der Waals surface area contributed by atoms with Crippen LogP contribution in [0.15, 0.2) is 20.1 Å². The summed E-state index contributed by atoms with van der Waals surface area (Å²) in [5, 5.41) is 2.08. The molecule has 1 aromatic heterocycles. The fourth-order valence-corrected chi connectivity index (χ4v) is 2.72. The van der Waals surface area contributed by atoms with Gasteiger partial charge >= 0.3 is 0 Å². The van der Waals surface area contributed by atoms with Gasteiger partial charge in [-0.25, -0.2) is 0 Å². The fourth-order valence-electron chi connectivity index (χ4n) is 0.427. The molecule has 0 nitrogen and oxygen atoms in total. The first-order valence-electron chi connectivity index (χ1n) is 2.11. The predicted octanol–water partition coefficient (Wildman–Crippen LogP) is 3.23. The SMILES string of the molecule is CSc1ccsc1Br. The molecule has 0 unspecified atom stereocenters. The van der Waals surface area contributed by atoms with E-state index in [1.807, 2.05) is 0 Å². The molecule has 8 heavy (non-hydrogen) atoms.